The molecule has 5 nitrogen and oxygen atoms in total. The molecule has 3 amide bonds. The second kappa shape index (κ2) is 7.14. The minimum Gasteiger partial charge on any atom is -0.339 e. The van der Waals surface area contributed by atoms with Gasteiger partial charge < -0.3 is 15.1 Å². The molecule has 0 spiro atoms. The van der Waals surface area contributed by atoms with Crippen LogP contribution in [0.15, 0.2) is 0 Å². The van der Waals surface area contributed by atoms with Crippen molar-refractivity contribution < 1.29 is 9.59 Å². The van der Waals surface area contributed by atoms with Gasteiger partial charge >= 0.3 is 6.03 Å². The Kier molecular flexibility index (Phi) is 5.80. The lowest BCUT2D eigenvalue weighted by Gasteiger charge is -2.34. The maximum Gasteiger partial charge on any atom is 0.317 e. The van der Waals surface area contributed by atoms with Crippen LogP contribution in [0.25, 0.3) is 0 Å². The molecule has 98 valence electrons. The fourth-order valence-electron chi connectivity index (χ4n) is 1.91. The molecular formula is C12H23N3O2. The van der Waals surface area contributed by atoms with E-state index in [0.29, 0.717) is 26.2 Å². The third kappa shape index (κ3) is 4.63. The topological polar surface area (TPSA) is 52.7 Å². The first-order valence-electron chi connectivity index (χ1n) is 6.43. The Bertz CT molecular complexity index is 260. The summed E-state index contributed by atoms with van der Waals surface area (Å²) in [6.07, 6.45) is 3.35. The van der Waals surface area contributed by atoms with Crippen molar-refractivity contribution in [2.24, 2.45) is 0 Å². The molecule has 0 bridgehead atoms. The molecule has 1 rings (SSSR count). The van der Waals surface area contributed by atoms with Crippen LogP contribution in [-0.2, 0) is 4.79 Å². The Morgan fingerprint density at radius 1 is 1.06 bits per heavy atom. The van der Waals surface area contributed by atoms with Crippen LogP contribution in [-0.4, -0.2) is 54.5 Å². The molecule has 1 N–H and O–H groups in total. The Morgan fingerprint density at radius 3 is 2.18 bits per heavy atom. The number of carbonyl (C=O) groups excluding carboxylic acids is 2. The van der Waals surface area contributed by atoms with Gasteiger partial charge in [0.25, 0.3) is 0 Å². The number of urea groups is 1. The summed E-state index contributed by atoms with van der Waals surface area (Å²) in [6, 6.07) is 0.00399. The van der Waals surface area contributed by atoms with Crippen molar-refractivity contribution in [3.8, 4) is 0 Å². The van der Waals surface area contributed by atoms with Crippen LogP contribution >= 0.6 is 0 Å². The van der Waals surface area contributed by atoms with Crippen LogP contribution in [0, 0.1) is 0 Å². The van der Waals surface area contributed by atoms with Crippen LogP contribution in [0.5, 0.6) is 0 Å². The molecule has 0 atom stereocenters. The summed E-state index contributed by atoms with van der Waals surface area (Å²) in [5.41, 5.74) is 0. The predicted molar refractivity (Wildman–Crippen MR) is 66.8 cm³/mol. The van der Waals surface area contributed by atoms with E-state index in [1.807, 2.05) is 0 Å². The number of piperazine rings is 1. The van der Waals surface area contributed by atoms with Gasteiger partial charge in [-0.05, 0) is 6.42 Å². The van der Waals surface area contributed by atoms with Gasteiger partial charge in [0.15, 0.2) is 0 Å². The van der Waals surface area contributed by atoms with E-state index in [-0.39, 0.29) is 11.9 Å². The van der Waals surface area contributed by atoms with E-state index in [1.54, 1.807) is 16.7 Å². The average molecular weight is 241 g/mol. The molecule has 0 radical (unpaired) electrons. The predicted octanol–water partition coefficient (Wildman–Crippen LogP) is 1.05. The number of nitrogens with one attached hydrogen (secondary N) is 1. The van der Waals surface area contributed by atoms with E-state index in [0.717, 1.165) is 25.8 Å². The van der Waals surface area contributed by atoms with Gasteiger partial charge in [-0.15, -0.1) is 0 Å². The third-order valence-electron chi connectivity index (χ3n) is 3.07. The third-order valence-corrected chi connectivity index (χ3v) is 3.07. The van der Waals surface area contributed by atoms with Crippen molar-refractivity contribution in [1.82, 2.24) is 15.1 Å². The maximum atomic E-state index is 11.7. The zero-order valence-corrected chi connectivity index (χ0v) is 10.9. The standard InChI is InChI=1S/C12H23N3O2/c1-3-4-5-6-13-12(17)15-9-7-14(8-10-15)11(2)16/h3-10H2,1-2H3,(H,13,17). The Hall–Kier alpha value is -1.26. The zero-order valence-electron chi connectivity index (χ0n) is 10.9. The minimum absolute atomic E-state index is 0.00399. The molecule has 0 aliphatic carbocycles. The van der Waals surface area contributed by atoms with E-state index >= 15 is 0 Å². The summed E-state index contributed by atoms with van der Waals surface area (Å²) in [6.45, 7) is 7.04. The lowest BCUT2D eigenvalue weighted by atomic mass is 10.2. The fourth-order valence-corrected chi connectivity index (χ4v) is 1.91. The smallest absolute Gasteiger partial charge is 0.317 e. The van der Waals surface area contributed by atoms with Crippen LogP contribution in [0.2, 0.25) is 0 Å². The maximum absolute atomic E-state index is 11.7. The normalized spacial score (nSPS) is 15.9. The molecule has 1 aliphatic rings. The number of carbonyl (C=O) groups is 2. The average Bonchev–Trinajstić information content (AvgIpc) is 2.34. The summed E-state index contributed by atoms with van der Waals surface area (Å²) < 4.78 is 0. The van der Waals surface area contributed by atoms with Crippen LogP contribution in [0.4, 0.5) is 4.79 Å². The summed E-state index contributed by atoms with van der Waals surface area (Å²) in [4.78, 5) is 26.4. The first-order valence-corrected chi connectivity index (χ1v) is 6.43. The second-order valence-electron chi connectivity index (χ2n) is 4.43. The first kappa shape index (κ1) is 13.8. The van der Waals surface area contributed by atoms with E-state index in [9.17, 15) is 9.59 Å². The summed E-state index contributed by atoms with van der Waals surface area (Å²) in [7, 11) is 0. The van der Waals surface area contributed by atoms with Crippen molar-refractivity contribution in [1.29, 1.82) is 0 Å². The number of nitrogens with zero attached hydrogens (tertiary/aromatic N) is 2. The van der Waals surface area contributed by atoms with Gasteiger partial charge in [-0.2, -0.15) is 0 Å². The van der Waals surface area contributed by atoms with Gasteiger partial charge in [0.05, 0.1) is 0 Å². The zero-order chi connectivity index (χ0) is 12.7. The largest absolute Gasteiger partial charge is 0.339 e. The molecule has 1 aliphatic heterocycles. The molecule has 1 fully saturated rings. The summed E-state index contributed by atoms with van der Waals surface area (Å²) in [5.74, 6) is 0.0907. The Labute approximate surface area is 103 Å². The molecule has 0 aromatic rings. The number of rotatable bonds is 4. The van der Waals surface area contributed by atoms with Crippen molar-refractivity contribution in [2.45, 2.75) is 33.1 Å². The molecular weight excluding hydrogens is 218 g/mol. The summed E-state index contributed by atoms with van der Waals surface area (Å²) >= 11 is 0. The highest BCUT2D eigenvalue weighted by Crippen LogP contribution is 2.02. The molecule has 17 heavy (non-hydrogen) atoms. The molecule has 1 saturated heterocycles. The lowest BCUT2D eigenvalue weighted by molar-refractivity contribution is -0.130. The van der Waals surface area contributed by atoms with Gasteiger partial charge in [0, 0.05) is 39.6 Å². The Morgan fingerprint density at radius 2 is 1.65 bits per heavy atom. The van der Waals surface area contributed by atoms with E-state index < -0.39 is 0 Å². The number of amides is 3. The van der Waals surface area contributed by atoms with Gasteiger partial charge in [-0.25, -0.2) is 4.79 Å². The quantitative estimate of drug-likeness (QED) is 0.748. The van der Waals surface area contributed by atoms with E-state index in [2.05, 4.69) is 12.2 Å². The van der Waals surface area contributed by atoms with Gasteiger partial charge in [0.1, 0.15) is 0 Å². The second-order valence-corrected chi connectivity index (χ2v) is 4.43. The molecule has 1 heterocycles. The Balaban J connectivity index is 2.19. The van der Waals surface area contributed by atoms with Crippen LogP contribution in [0.3, 0.4) is 0 Å². The van der Waals surface area contributed by atoms with Crippen LogP contribution in [0.1, 0.15) is 33.1 Å². The minimum atomic E-state index is 0.00399. The summed E-state index contributed by atoms with van der Waals surface area (Å²) in [5, 5.41) is 2.91. The molecule has 5 heteroatoms. The fraction of sp³-hybridized carbons (Fsp3) is 0.833. The lowest BCUT2D eigenvalue weighted by Crippen LogP contribution is -2.52. The SMILES string of the molecule is CCCCCNC(=O)N1CCN(C(C)=O)CC1. The molecule has 0 unspecified atom stereocenters. The van der Waals surface area contributed by atoms with Gasteiger partial charge in [0.2, 0.25) is 5.91 Å². The number of hydrogen-bond donors (Lipinski definition) is 1. The van der Waals surface area contributed by atoms with Crippen LogP contribution < -0.4 is 5.32 Å². The van der Waals surface area contributed by atoms with Crippen molar-refractivity contribution in [3.05, 3.63) is 0 Å². The first-order chi connectivity index (χ1) is 8.15. The molecule has 0 saturated carbocycles. The monoisotopic (exact) mass is 241 g/mol. The molecule has 0 aromatic heterocycles. The molecule has 0 aromatic carbocycles. The van der Waals surface area contributed by atoms with Gasteiger partial charge in [-0.1, -0.05) is 19.8 Å². The highest BCUT2D eigenvalue weighted by molar-refractivity contribution is 5.76. The highest BCUT2D eigenvalue weighted by Gasteiger charge is 2.21. The van der Waals surface area contributed by atoms with E-state index in [4.69, 9.17) is 0 Å². The van der Waals surface area contributed by atoms with E-state index in [1.165, 1.54) is 0 Å². The number of unbranched alkanes of at least 4 members (excludes halogenated alkanes) is 2. The van der Waals surface area contributed by atoms with Crippen molar-refractivity contribution >= 4 is 11.9 Å². The highest BCUT2D eigenvalue weighted by atomic mass is 16.2. The van der Waals surface area contributed by atoms with Crippen molar-refractivity contribution in [3.63, 3.8) is 0 Å². The van der Waals surface area contributed by atoms with Crippen molar-refractivity contribution in [2.75, 3.05) is 32.7 Å². The van der Waals surface area contributed by atoms with Gasteiger partial charge in [-0.3, -0.25) is 4.79 Å². The number of hydrogen-bond acceptors (Lipinski definition) is 2.